The molecule has 3 heteroatoms. The van der Waals surface area contributed by atoms with Crippen molar-refractivity contribution in [3.8, 4) is 0 Å². The maximum Gasteiger partial charge on any atom is 0.227 e. The van der Waals surface area contributed by atoms with Crippen molar-refractivity contribution in [2.24, 2.45) is 0 Å². The summed E-state index contributed by atoms with van der Waals surface area (Å²) in [4.78, 5) is 0. The second-order valence-electron chi connectivity index (χ2n) is 2.37. The number of rotatable bonds is 0. The van der Waals surface area contributed by atoms with Crippen LogP contribution in [-0.2, 0) is 0 Å². The Hall–Kier alpha value is -1.25. The van der Waals surface area contributed by atoms with Crippen molar-refractivity contribution < 1.29 is 4.74 Å². The highest BCUT2D eigenvalue weighted by atomic mass is 16.5. The van der Waals surface area contributed by atoms with Crippen LogP contribution in [0.4, 0.5) is 0 Å². The van der Waals surface area contributed by atoms with E-state index in [0.717, 1.165) is 22.6 Å². The molecule has 1 aliphatic carbocycles. The first-order valence-electron chi connectivity index (χ1n) is 3.29. The van der Waals surface area contributed by atoms with Gasteiger partial charge in [-0.3, -0.25) is 0 Å². The number of hydroxylamine groups is 1. The summed E-state index contributed by atoms with van der Waals surface area (Å²) in [6.45, 7) is 0.406. The van der Waals surface area contributed by atoms with Crippen molar-refractivity contribution in [1.82, 2.24) is 5.32 Å². The van der Waals surface area contributed by atoms with Crippen LogP contribution in [0, 0.1) is 5.21 Å². The zero-order chi connectivity index (χ0) is 6.97. The molecule has 0 fully saturated rings. The number of nitrogens with zero attached hydrogens (tertiary/aromatic N) is 1. The molecule has 1 N–H and O–H groups in total. The van der Waals surface area contributed by atoms with E-state index in [0.29, 0.717) is 6.67 Å². The molecule has 0 amide bonds. The highest BCUT2D eigenvalue weighted by Gasteiger charge is 2.22. The molecule has 0 spiro atoms. The zero-order valence-electron chi connectivity index (χ0n) is 5.50. The van der Waals surface area contributed by atoms with Gasteiger partial charge in [-0.05, 0) is 6.08 Å². The van der Waals surface area contributed by atoms with Crippen LogP contribution in [-0.4, -0.2) is 17.1 Å². The third-order valence-corrected chi connectivity index (χ3v) is 1.74. The molecule has 2 aliphatic rings. The fourth-order valence-electron chi connectivity index (χ4n) is 1.20. The lowest BCUT2D eigenvalue weighted by Gasteiger charge is -2.00. The predicted octanol–water partition coefficient (Wildman–Crippen LogP) is 0.342. The molecular formula is C7H8N2O. The fraction of sp³-hybridized carbons (Fsp3) is 0.286. The molecule has 0 aromatic heterocycles. The number of fused-ring (bicyclic) bond motifs is 1. The summed E-state index contributed by atoms with van der Waals surface area (Å²) in [5.41, 5.74) is 1.85. The third-order valence-electron chi connectivity index (χ3n) is 1.74. The van der Waals surface area contributed by atoms with Crippen molar-refractivity contribution in [3.05, 3.63) is 29.1 Å². The van der Waals surface area contributed by atoms with Crippen LogP contribution < -0.4 is 5.32 Å². The lowest BCUT2D eigenvalue weighted by atomic mass is 10.1. The molecule has 2 rings (SSSR count). The number of hydrogen-bond acceptors (Lipinski definition) is 2. The summed E-state index contributed by atoms with van der Waals surface area (Å²) in [6, 6.07) is 0. The highest BCUT2D eigenvalue weighted by molar-refractivity contribution is 5.98. The Morgan fingerprint density at radius 1 is 1.60 bits per heavy atom. The van der Waals surface area contributed by atoms with Gasteiger partial charge in [0, 0.05) is 0 Å². The maximum absolute atomic E-state index is 11.0. The monoisotopic (exact) mass is 136 g/mol. The van der Waals surface area contributed by atoms with Gasteiger partial charge in [-0.2, -0.15) is 4.74 Å². The first kappa shape index (κ1) is 5.53. The smallest absolute Gasteiger partial charge is 0.227 e. The maximum atomic E-state index is 11.0. The predicted molar refractivity (Wildman–Crippen MR) is 38.5 cm³/mol. The number of hydrogen-bond donors (Lipinski definition) is 1. The van der Waals surface area contributed by atoms with E-state index in [-0.39, 0.29) is 0 Å². The number of nitrogens with one attached hydrogen (secondary N) is 1. The van der Waals surface area contributed by atoms with Crippen molar-refractivity contribution in [3.63, 3.8) is 0 Å². The third kappa shape index (κ3) is 0.635. The largest absolute Gasteiger partial charge is 0.622 e. The van der Waals surface area contributed by atoms with Gasteiger partial charge in [0.25, 0.3) is 0 Å². The van der Waals surface area contributed by atoms with Crippen LogP contribution >= 0.6 is 0 Å². The summed E-state index contributed by atoms with van der Waals surface area (Å²) in [7, 11) is 0. The van der Waals surface area contributed by atoms with E-state index >= 15 is 0 Å². The first-order valence-corrected chi connectivity index (χ1v) is 3.29. The number of allylic oxidation sites excluding steroid dienone is 4. The lowest BCUT2D eigenvalue weighted by molar-refractivity contribution is -0.453. The van der Waals surface area contributed by atoms with Crippen LogP contribution in [0.1, 0.15) is 6.42 Å². The molecule has 0 radical (unpaired) electrons. The Balaban J connectivity index is 2.42. The lowest BCUT2D eigenvalue weighted by Crippen LogP contribution is -2.11. The van der Waals surface area contributed by atoms with E-state index in [4.69, 9.17) is 0 Å². The SMILES string of the molecule is [O-][N+]1=C2CC=CC=C2NC1. The summed E-state index contributed by atoms with van der Waals surface area (Å²) >= 11 is 0. The standard InChI is InChI=1S/C7H8N2O/c10-9-5-8-6-3-1-2-4-7(6)9/h1-3,8H,4-5H2. The van der Waals surface area contributed by atoms with Gasteiger partial charge < -0.3 is 10.5 Å². The topological polar surface area (TPSA) is 38.1 Å². The van der Waals surface area contributed by atoms with E-state index in [1.165, 1.54) is 0 Å². The van der Waals surface area contributed by atoms with Crippen LogP contribution in [0.25, 0.3) is 0 Å². The summed E-state index contributed by atoms with van der Waals surface area (Å²) in [6.07, 6.45) is 6.64. The molecule has 3 nitrogen and oxygen atoms in total. The Morgan fingerprint density at radius 2 is 2.50 bits per heavy atom. The van der Waals surface area contributed by atoms with Gasteiger partial charge in [0.1, 0.15) is 5.70 Å². The van der Waals surface area contributed by atoms with E-state index in [2.05, 4.69) is 5.32 Å². The van der Waals surface area contributed by atoms with Crippen molar-refractivity contribution in [2.75, 3.05) is 6.67 Å². The van der Waals surface area contributed by atoms with Crippen LogP contribution in [0.5, 0.6) is 0 Å². The summed E-state index contributed by atoms with van der Waals surface area (Å²) in [5.74, 6) is 0. The average molecular weight is 136 g/mol. The fourth-order valence-corrected chi connectivity index (χ4v) is 1.20. The normalized spacial score (nSPS) is 22.2. The molecule has 0 aromatic rings. The molecule has 1 aliphatic heterocycles. The quantitative estimate of drug-likeness (QED) is 0.385. The zero-order valence-corrected chi connectivity index (χ0v) is 5.50. The van der Waals surface area contributed by atoms with Gasteiger partial charge in [0.05, 0.1) is 6.42 Å². The second-order valence-corrected chi connectivity index (χ2v) is 2.37. The average Bonchev–Trinajstić information content (AvgIpc) is 2.34. The minimum absolute atomic E-state index is 0.406. The van der Waals surface area contributed by atoms with Gasteiger partial charge in [-0.1, -0.05) is 12.2 Å². The molecule has 0 bridgehead atoms. The van der Waals surface area contributed by atoms with Gasteiger partial charge in [0.15, 0.2) is 0 Å². The summed E-state index contributed by atoms with van der Waals surface area (Å²) < 4.78 is 0.995. The van der Waals surface area contributed by atoms with Gasteiger partial charge >= 0.3 is 0 Å². The van der Waals surface area contributed by atoms with Crippen LogP contribution in [0.2, 0.25) is 0 Å². The van der Waals surface area contributed by atoms with E-state index in [1.54, 1.807) is 0 Å². The van der Waals surface area contributed by atoms with Crippen molar-refractivity contribution >= 4 is 5.71 Å². The van der Waals surface area contributed by atoms with Crippen LogP contribution in [0.15, 0.2) is 23.9 Å². The molecule has 52 valence electrons. The van der Waals surface area contributed by atoms with E-state index in [1.807, 2.05) is 18.2 Å². The second kappa shape index (κ2) is 1.87. The molecule has 0 atom stereocenters. The Bertz CT molecular complexity index is 250. The minimum atomic E-state index is 0.406. The molecule has 0 unspecified atom stereocenters. The van der Waals surface area contributed by atoms with Crippen molar-refractivity contribution in [2.45, 2.75) is 6.42 Å². The van der Waals surface area contributed by atoms with Crippen LogP contribution in [0.3, 0.4) is 0 Å². The van der Waals surface area contributed by atoms with Crippen molar-refractivity contribution in [1.29, 1.82) is 0 Å². The molecule has 10 heavy (non-hydrogen) atoms. The summed E-state index contributed by atoms with van der Waals surface area (Å²) in [5, 5.41) is 13.9. The van der Waals surface area contributed by atoms with Gasteiger partial charge in [0.2, 0.25) is 12.4 Å². The minimum Gasteiger partial charge on any atom is -0.622 e. The molecule has 0 saturated carbocycles. The van der Waals surface area contributed by atoms with Gasteiger partial charge in [-0.25, -0.2) is 0 Å². The Labute approximate surface area is 58.9 Å². The molecule has 1 heterocycles. The molecular weight excluding hydrogens is 128 g/mol. The highest BCUT2D eigenvalue weighted by Crippen LogP contribution is 2.10. The van der Waals surface area contributed by atoms with E-state index < -0.39 is 0 Å². The van der Waals surface area contributed by atoms with Gasteiger partial charge in [-0.15, -0.1) is 0 Å². The van der Waals surface area contributed by atoms with E-state index in [9.17, 15) is 5.21 Å². The molecule has 0 saturated heterocycles. The molecule has 0 aromatic carbocycles. The first-order chi connectivity index (χ1) is 4.88. The Kier molecular flexibility index (Phi) is 1.03. The Morgan fingerprint density at radius 3 is 3.30 bits per heavy atom.